The second-order valence-electron chi connectivity index (χ2n) is 13.2. The molecule has 2 N–H and O–H groups in total. The number of esters is 1. The van der Waals surface area contributed by atoms with Crippen LogP contribution in [-0.4, -0.2) is 56.3 Å². The van der Waals surface area contributed by atoms with Crippen molar-refractivity contribution in [3.05, 3.63) is 41.6 Å². The average Bonchev–Trinajstić information content (AvgIpc) is 3.06. The van der Waals surface area contributed by atoms with Crippen molar-refractivity contribution in [2.75, 3.05) is 0 Å². The van der Waals surface area contributed by atoms with E-state index in [0.717, 1.165) is 0 Å². The van der Waals surface area contributed by atoms with E-state index in [0.29, 0.717) is 22.0 Å². The molecule has 1 aromatic heterocycles. The number of carbonyl (C=O) groups is 3. The van der Waals surface area contributed by atoms with Crippen LogP contribution in [0.2, 0.25) is 0 Å². The summed E-state index contributed by atoms with van der Waals surface area (Å²) in [6.07, 6.45) is 3.66. The molecule has 39 heavy (non-hydrogen) atoms. The molecule has 216 valence electrons. The Morgan fingerprint density at radius 3 is 1.97 bits per heavy atom. The highest BCUT2D eigenvalue weighted by atomic mass is 16.6. The number of nitrogens with one attached hydrogen (secondary N) is 1. The molecule has 0 radical (unpaired) electrons. The monoisotopic (exact) mass is 544 g/mol. The lowest BCUT2D eigenvalue weighted by molar-refractivity contribution is -0.157. The maximum Gasteiger partial charge on any atom is 0.419 e. The van der Waals surface area contributed by atoms with Crippen LogP contribution in [0.25, 0.3) is 17.0 Å². The summed E-state index contributed by atoms with van der Waals surface area (Å²) in [7, 11) is 0. The predicted octanol–water partition coefficient (Wildman–Crippen LogP) is 5.99. The summed E-state index contributed by atoms with van der Waals surface area (Å²) < 4.78 is 18.0. The van der Waals surface area contributed by atoms with Gasteiger partial charge in [-0.3, -0.25) is 4.57 Å². The molecule has 0 saturated carbocycles. The maximum absolute atomic E-state index is 13.2. The van der Waals surface area contributed by atoms with Crippen molar-refractivity contribution in [1.29, 1.82) is 0 Å². The van der Waals surface area contributed by atoms with Gasteiger partial charge in [0.2, 0.25) is 0 Å². The van der Waals surface area contributed by atoms with Gasteiger partial charge in [0.15, 0.2) is 0 Å². The Bertz CT molecular complexity index is 1230. The molecule has 0 aliphatic rings. The molecule has 0 bridgehead atoms. The lowest BCUT2D eigenvalue weighted by Gasteiger charge is -2.26. The van der Waals surface area contributed by atoms with Gasteiger partial charge in [-0.25, -0.2) is 14.4 Å². The number of aliphatic hydroxyl groups is 1. The highest BCUT2D eigenvalue weighted by molar-refractivity contribution is 5.98. The van der Waals surface area contributed by atoms with Crippen molar-refractivity contribution in [1.82, 2.24) is 9.88 Å². The molecular formula is C30H44N2O7. The third-order valence-electron chi connectivity index (χ3n) is 5.01. The highest BCUT2D eigenvalue weighted by Gasteiger charge is 2.31. The number of nitrogens with zero attached hydrogens (tertiary/aromatic N) is 1. The van der Waals surface area contributed by atoms with Gasteiger partial charge in [-0.2, -0.15) is 0 Å². The van der Waals surface area contributed by atoms with Gasteiger partial charge in [0.25, 0.3) is 0 Å². The average molecular weight is 545 g/mol. The van der Waals surface area contributed by atoms with E-state index in [1.807, 2.05) is 6.07 Å². The van der Waals surface area contributed by atoms with Crippen molar-refractivity contribution in [3.63, 3.8) is 0 Å². The van der Waals surface area contributed by atoms with E-state index in [-0.39, 0.29) is 6.42 Å². The Balaban J connectivity index is 2.67. The van der Waals surface area contributed by atoms with Crippen molar-refractivity contribution in [3.8, 4) is 0 Å². The van der Waals surface area contributed by atoms with Crippen LogP contribution in [0.15, 0.2) is 30.5 Å². The summed E-state index contributed by atoms with van der Waals surface area (Å²) in [6, 6.07) is 4.30. The zero-order chi connectivity index (χ0) is 30.0. The lowest BCUT2D eigenvalue weighted by atomic mass is 9.99. The van der Waals surface area contributed by atoms with Crippen molar-refractivity contribution >= 4 is 35.1 Å². The van der Waals surface area contributed by atoms with E-state index < -0.39 is 46.6 Å². The molecule has 9 heteroatoms. The summed E-state index contributed by atoms with van der Waals surface area (Å²) in [4.78, 5) is 39.1. The van der Waals surface area contributed by atoms with Gasteiger partial charge in [-0.05, 0) is 93.4 Å². The Kier molecular flexibility index (Phi) is 9.34. The fraction of sp³-hybridized carbons (Fsp3) is 0.567. The molecular weight excluding hydrogens is 500 g/mol. The number of carbonyl (C=O) groups excluding carboxylic acids is 3. The van der Waals surface area contributed by atoms with E-state index in [9.17, 15) is 19.5 Å². The molecule has 0 aliphatic heterocycles. The maximum atomic E-state index is 13.2. The van der Waals surface area contributed by atoms with Crippen LogP contribution in [0.3, 0.4) is 0 Å². The van der Waals surface area contributed by atoms with Crippen LogP contribution in [0.4, 0.5) is 9.59 Å². The molecule has 0 saturated heterocycles. The van der Waals surface area contributed by atoms with Gasteiger partial charge < -0.3 is 24.6 Å². The summed E-state index contributed by atoms with van der Waals surface area (Å²) in [6.45, 7) is 19.0. The lowest BCUT2D eigenvalue weighted by Crippen LogP contribution is -2.47. The molecule has 1 aromatic carbocycles. The molecule has 1 heterocycles. The van der Waals surface area contributed by atoms with Crippen LogP contribution in [0, 0.1) is 0 Å². The second kappa shape index (κ2) is 11.4. The molecule has 1 atom stereocenters. The normalized spacial score (nSPS) is 13.8. The van der Waals surface area contributed by atoms with E-state index in [4.69, 9.17) is 14.2 Å². The summed E-state index contributed by atoms with van der Waals surface area (Å²) >= 11 is 0. The molecule has 0 fully saturated rings. The first-order valence-electron chi connectivity index (χ1n) is 13.0. The minimum absolute atomic E-state index is 0.00776. The predicted molar refractivity (Wildman–Crippen MR) is 152 cm³/mol. The quantitative estimate of drug-likeness (QED) is 0.339. The fourth-order valence-electron chi connectivity index (χ4n) is 3.68. The number of alkyl carbamates (subject to hydrolysis) is 1. The number of hydrogen-bond acceptors (Lipinski definition) is 7. The van der Waals surface area contributed by atoms with Gasteiger partial charge in [-0.15, -0.1) is 0 Å². The van der Waals surface area contributed by atoms with Gasteiger partial charge in [-0.1, -0.05) is 24.3 Å². The molecule has 0 aliphatic carbocycles. The van der Waals surface area contributed by atoms with Gasteiger partial charge >= 0.3 is 18.2 Å². The van der Waals surface area contributed by atoms with Crippen LogP contribution >= 0.6 is 0 Å². The largest absolute Gasteiger partial charge is 0.458 e. The van der Waals surface area contributed by atoms with Gasteiger partial charge in [0, 0.05) is 18.0 Å². The fourth-order valence-corrected chi connectivity index (χ4v) is 3.68. The third kappa shape index (κ3) is 10.4. The van der Waals surface area contributed by atoms with E-state index in [1.54, 1.807) is 107 Å². The van der Waals surface area contributed by atoms with Gasteiger partial charge in [0.1, 0.15) is 22.8 Å². The van der Waals surface area contributed by atoms with E-state index in [1.165, 1.54) is 4.57 Å². The highest BCUT2D eigenvalue weighted by Crippen LogP contribution is 2.29. The molecule has 0 spiro atoms. The number of rotatable bonds is 6. The topological polar surface area (TPSA) is 116 Å². The molecule has 2 rings (SSSR count). The summed E-state index contributed by atoms with van der Waals surface area (Å²) in [5.74, 6) is -0.643. The first kappa shape index (κ1) is 31.9. The standard InChI is InChI=1S/C30H44N2O7/c1-27(2,3)37-24(33)21(31-25(34)38-28(4,5)6)17-20-18-32(26(35)39-29(7,8)9)22-14-12-13-19(23(20)22)15-16-30(10,11)36/h12-16,18,21,36H,17H2,1-11H3,(H,31,34)/b16-15+/t21-/m0/s1. The SMILES string of the molecule is CC(C)(O)/C=C/c1cccc2c1c(C[C@H](NC(=O)OC(C)(C)C)C(=O)OC(C)(C)C)cn2C(=O)OC(C)(C)C. The Morgan fingerprint density at radius 2 is 1.46 bits per heavy atom. The van der Waals surface area contributed by atoms with Crippen LogP contribution in [0.1, 0.15) is 87.3 Å². The molecule has 9 nitrogen and oxygen atoms in total. The minimum atomic E-state index is -1.11. The first-order chi connectivity index (χ1) is 17.5. The molecule has 1 amide bonds. The number of hydrogen-bond donors (Lipinski definition) is 2. The zero-order valence-electron chi connectivity index (χ0n) is 25.1. The van der Waals surface area contributed by atoms with Crippen molar-refractivity contribution in [2.24, 2.45) is 0 Å². The third-order valence-corrected chi connectivity index (χ3v) is 5.01. The van der Waals surface area contributed by atoms with E-state index in [2.05, 4.69) is 5.32 Å². The Labute approximate surface area is 231 Å². The molecule has 0 unspecified atom stereocenters. The van der Waals surface area contributed by atoms with Crippen LogP contribution in [0.5, 0.6) is 0 Å². The number of ether oxygens (including phenoxy) is 3. The number of aromatic nitrogens is 1. The minimum Gasteiger partial charge on any atom is -0.458 e. The summed E-state index contributed by atoms with van der Waals surface area (Å²) in [5.41, 5.74) is -1.51. The van der Waals surface area contributed by atoms with E-state index >= 15 is 0 Å². The van der Waals surface area contributed by atoms with Gasteiger partial charge in [0.05, 0.1) is 11.1 Å². The van der Waals surface area contributed by atoms with Crippen molar-refractivity contribution in [2.45, 2.75) is 111 Å². The Morgan fingerprint density at radius 1 is 0.897 bits per heavy atom. The number of benzene rings is 1. The van der Waals surface area contributed by atoms with Crippen LogP contribution in [-0.2, 0) is 25.4 Å². The Hall–Kier alpha value is -3.33. The molecule has 2 aromatic rings. The zero-order valence-corrected chi connectivity index (χ0v) is 25.1. The second-order valence-corrected chi connectivity index (χ2v) is 13.2. The number of amides is 1. The summed E-state index contributed by atoms with van der Waals surface area (Å²) in [5, 5.41) is 13.6. The first-order valence-corrected chi connectivity index (χ1v) is 13.0. The van der Waals surface area contributed by atoms with Crippen LogP contribution < -0.4 is 5.32 Å². The van der Waals surface area contributed by atoms with Crippen molar-refractivity contribution < 1.29 is 33.7 Å². The smallest absolute Gasteiger partial charge is 0.419 e. The number of fused-ring (bicyclic) bond motifs is 1.